The van der Waals surface area contributed by atoms with Crippen molar-refractivity contribution in [1.29, 1.82) is 0 Å². The second-order valence-electron chi connectivity index (χ2n) is 4.69. The van der Waals surface area contributed by atoms with Crippen LogP contribution in [0.1, 0.15) is 17.3 Å². The first-order valence-electron chi connectivity index (χ1n) is 6.84. The largest absolute Gasteiger partial charge is 0.482 e. The van der Waals surface area contributed by atoms with E-state index >= 15 is 0 Å². The summed E-state index contributed by atoms with van der Waals surface area (Å²) < 4.78 is 14.5. The van der Waals surface area contributed by atoms with E-state index in [2.05, 4.69) is 4.74 Å². The number of hydrogen-bond donors (Lipinski definition) is 0. The maximum absolute atomic E-state index is 11.6. The molecule has 8 heteroatoms. The van der Waals surface area contributed by atoms with Gasteiger partial charge in [0.1, 0.15) is 12.4 Å². The first kappa shape index (κ1) is 16.5. The Labute approximate surface area is 131 Å². The highest BCUT2D eigenvalue weighted by molar-refractivity contribution is 5.94. The third kappa shape index (κ3) is 4.53. The van der Waals surface area contributed by atoms with Gasteiger partial charge in [-0.25, -0.2) is 14.5 Å². The van der Waals surface area contributed by atoms with Crippen LogP contribution in [0.2, 0.25) is 0 Å². The normalized spacial score (nSPS) is 13.4. The zero-order valence-corrected chi connectivity index (χ0v) is 12.4. The topological polar surface area (TPSA) is 99.2 Å². The quantitative estimate of drug-likeness (QED) is 0.564. The Morgan fingerprint density at radius 2 is 1.87 bits per heavy atom. The summed E-state index contributed by atoms with van der Waals surface area (Å²) in [4.78, 5) is 46.2. The third-order valence-electron chi connectivity index (χ3n) is 3.04. The summed E-state index contributed by atoms with van der Waals surface area (Å²) in [6, 6.07) is 6.25. The number of carbonyl (C=O) groups is 4. The molecule has 2 amide bonds. The first-order valence-corrected chi connectivity index (χ1v) is 6.84. The fourth-order valence-electron chi connectivity index (χ4n) is 1.81. The van der Waals surface area contributed by atoms with Crippen LogP contribution in [0.4, 0.5) is 4.79 Å². The van der Waals surface area contributed by atoms with Crippen molar-refractivity contribution in [2.24, 2.45) is 0 Å². The van der Waals surface area contributed by atoms with Crippen LogP contribution in [-0.4, -0.2) is 55.0 Å². The molecule has 0 unspecified atom stereocenters. The first-order chi connectivity index (χ1) is 11.0. The molecule has 1 aromatic rings. The SMILES string of the molecule is CC(=O)c1ccc(OCC(=O)OCC(=O)N2CCOC2=O)cc1. The Balaban J connectivity index is 1.73. The maximum Gasteiger partial charge on any atom is 0.416 e. The van der Waals surface area contributed by atoms with Gasteiger partial charge < -0.3 is 14.2 Å². The van der Waals surface area contributed by atoms with Crippen LogP contribution in [-0.2, 0) is 19.1 Å². The summed E-state index contributed by atoms with van der Waals surface area (Å²) in [5, 5.41) is 0. The van der Waals surface area contributed by atoms with Crippen LogP contribution in [0.15, 0.2) is 24.3 Å². The fraction of sp³-hybridized carbons (Fsp3) is 0.333. The molecule has 1 heterocycles. The Morgan fingerprint density at radius 1 is 1.17 bits per heavy atom. The summed E-state index contributed by atoms with van der Waals surface area (Å²) in [5.41, 5.74) is 0.531. The molecule has 1 saturated heterocycles. The monoisotopic (exact) mass is 321 g/mol. The van der Waals surface area contributed by atoms with Gasteiger partial charge in [-0.1, -0.05) is 0 Å². The number of hydrogen-bond acceptors (Lipinski definition) is 7. The van der Waals surface area contributed by atoms with Crippen LogP contribution < -0.4 is 4.74 Å². The standard InChI is InChI=1S/C15H15NO7/c1-10(17)11-2-4-12(5-3-11)22-9-14(19)23-8-13(18)16-6-7-21-15(16)20/h2-5H,6-9H2,1H3. The lowest BCUT2D eigenvalue weighted by Crippen LogP contribution is -2.35. The minimum atomic E-state index is -0.749. The minimum absolute atomic E-state index is 0.0742. The highest BCUT2D eigenvalue weighted by Gasteiger charge is 2.28. The zero-order chi connectivity index (χ0) is 16.8. The second kappa shape index (κ2) is 7.39. The molecule has 8 nitrogen and oxygen atoms in total. The van der Waals surface area contributed by atoms with Gasteiger partial charge in [0.25, 0.3) is 5.91 Å². The molecule has 2 rings (SSSR count). The van der Waals surface area contributed by atoms with Crippen molar-refractivity contribution < 1.29 is 33.4 Å². The maximum atomic E-state index is 11.6. The number of rotatable bonds is 6. The molecule has 0 radical (unpaired) electrons. The van der Waals surface area contributed by atoms with E-state index in [0.717, 1.165) is 4.90 Å². The van der Waals surface area contributed by atoms with Gasteiger partial charge in [0.2, 0.25) is 0 Å². The lowest BCUT2D eigenvalue weighted by molar-refractivity contribution is -0.152. The van der Waals surface area contributed by atoms with Gasteiger partial charge in [0.05, 0.1) is 6.54 Å². The van der Waals surface area contributed by atoms with Crippen LogP contribution >= 0.6 is 0 Å². The summed E-state index contributed by atoms with van der Waals surface area (Å²) in [6.45, 7) is 0.782. The number of ether oxygens (including phenoxy) is 3. The summed E-state index contributed by atoms with van der Waals surface area (Å²) in [7, 11) is 0. The average Bonchev–Trinajstić information content (AvgIpc) is 2.97. The lowest BCUT2D eigenvalue weighted by Gasteiger charge is -2.11. The Morgan fingerprint density at radius 3 is 2.43 bits per heavy atom. The molecular weight excluding hydrogens is 306 g/mol. The van der Waals surface area contributed by atoms with Crippen molar-refractivity contribution in [2.75, 3.05) is 26.4 Å². The molecule has 0 spiro atoms. The number of nitrogens with zero attached hydrogens (tertiary/aromatic N) is 1. The molecule has 1 fully saturated rings. The molecule has 0 atom stereocenters. The summed E-state index contributed by atoms with van der Waals surface area (Å²) in [6.07, 6.45) is -0.743. The van der Waals surface area contributed by atoms with Gasteiger partial charge in [-0.15, -0.1) is 0 Å². The van der Waals surface area contributed by atoms with E-state index < -0.39 is 31.2 Å². The number of ketones is 1. The van der Waals surface area contributed by atoms with E-state index in [-0.39, 0.29) is 18.9 Å². The van der Waals surface area contributed by atoms with Crippen molar-refractivity contribution >= 4 is 23.8 Å². The number of Topliss-reactive ketones (excluding diaryl/α,β-unsaturated/α-hetero) is 1. The van der Waals surface area contributed by atoms with Gasteiger partial charge in [-0.3, -0.25) is 9.59 Å². The minimum Gasteiger partial charge on any atom is -0.482 e. The predicted molar refractivity (Wildman–Crippen MR) is 76.0 cm³/mol. The number of esters is 1. The van der Waals surface area contributed by atoms with Gasteiger partial charge >= 0.3 is 12.1 Å². The van der Waals surface area contributed by atoms with Crippen molar-refractivity contribution in [1.82, 2.24) is 4.90 Å². The Kier molecular flexibility index (Phi) is 5.29. The number of carbonyl (C=O) groups excluding carboxylic acids is 4. The highest BCUT2D eigenvalue weighted by Crippen LogP contribution is 2.12. The van der Waals surface area contributed by atoms with Crippen molar-refractivity contribution in [3.63, 3.8) is 0 Å². The summed E-state index contributed by atoms with van der Waals surface area (Å²) >= 11 is 0. The van der Waals surface area contributed by atoms with Crippen LogP contribution in [0.25, 0.3) is 0 Å². The molecule has 0 bridgehead atoms. The highest BCUT2D eigenvalue weighted by atomic mass is 16.6. The van der Waals surface area contributed by atoms with Crippen molar-refractivity contribution in [2.45, 2.75) is 6.92 Å². The van der Waals surface area contributed by atoms with E-state index in [9.17, 15) is 19.2 Å². The third-order valence-corrected chi connectivity index (χ3v) is 3.04. The van der Waals surface area contributed by atoms with E-state index in [1.807, 2.05) is 0 Å². The molecule has 23 heavy (non-hydrogen) atoms. The van der Waals surface area contributed by atoms with Gasteiger partial charge in [-0.05, 0) is 31.2 Å². The number of imide groups is 1. The van der Waals surface area contributed by atoms with E-state index in [1.165, 1.54) is 6.92 Å². The number of amides is 2. The van der Waals surface area contributed by atoms with Crippen LogP contribution in [0, 0.1) is 0 Å². The lowest BCUT2D eigenvalue weighted by atomic mass is 10.1. The number of cyclic esters (lactones) is 1. The molecule has 0 N–H and O–H groups in total. The van der Waals surface area contributed by atoms with Gasteiger partial charge in [0.15, 0.2) is 19.0 Å². The van der Waals surface area contributed by atoms with E-state index in [1.54, 1.807) is 24.3 Å². The molecule has 0 aromatic heterocycles. The Bertz CT molecular complexity index is 623. The van der Waals surface area contributed by atoms with E-state index in [0.29, 0.717) is 11.3 Å². The number of benzene rings is 1. The molecule has 1 aliphatic rings. The molecule has 122 valence electrons. The zero-order valence-electron chi connectivity index (χ0n) is 12.4. The molecule has 1 aromatic carbocycles. The predicted octanol–water partition coefficient (Wildman–Crippen LogP) is 0.790. The van der Waals surface area contributed by atoms with Gasteiger partial charge in [0, 0.05) is 5.56 Å². The average molecular weight is 321 g/mol. The van der Waals surface area contributed by atoms with Crippen molar-refractivity contribution in [3.8, 4) is 5.75 Å². The summed E-state index contributed by atoms with van der Waals surface area (Å²) in [5.74, 6) is -1.08. The molecule has 0 aliphatic carbocycles. The molecule has 0 saturated carbocycles. The van der Waals surface area contributed by atoms with Crippen LogP contribution in [0.5, 0.6) is 5.75 Å². The smallest absolute Gasteiger partial charge is 0.416 e. The fourth-order valence-corrected chi connectivity index (χ4v) is 1.81. The second-order valence-corrected chi connectivity index (χ2v) is 4.69. The molecule has 1 aliphatic heterocycles. The van der Waals surface area contributed by atoms with E-state index in [4.69, 9.17) is 9.47 Å². The van der Waals surface area contributed by atoms with Gasteiger partial charge in [-0.2, -0.15) is 0 Å². The Hall–Kier alpha value is -2.90. The molecular formula is C15H15NO7. The van der Waals surface area contributed by atoms with Crippen molar-refractivity contribution in [3.05, 3.63) is 29.8 Å². The van der Waals surface area contributed by atoms with Crippen LogP contribution in [0.3, 0.4) is 0 Å².